The van der Waals surface area contributed by atoms with Crippen molar-refractivity contribution in [3.8, 4) is 11.5 Å². The van der Waals surface area contributed by atoms with Crippen molar-refractivity contribution in [3.63, 3.8) is 0 Å². The number of ether oxygens (including phenoxy) is 2. The summed E-state index contributed by atoms with van der Waals surface area (Å²) in [6, 6.07) is 16.0. The van der Waals surface area contributed by atoms with Crippen LogP contribution in [-0.4, -0.2) is 23.2 Å². The number of hydrogen-bond acceptors (Lipinski definition) is 5. The minimum absolute atomic E-state index is 0.195. The second kappa shape index (κ2) is 11.3. The molecule has 0 atom stereocenters. The molecular weight excluding hydrogens is 597 g/mol. The summed E-state index contributed by atoms with van der Waals surface area (Å²) in [7, 11) is 1.49. The Kier molecular flexibility index (Phi) is 8.34. The van der Waals surface area contributed by atoms with Crippen LogP contribution in [0.4, 0.5) is 4.79 Å². The number of nitrogens with zero attached hydrogens (tertiary/aromatic N) is 1. The van der Waals surface area contributed by atoms with Crippen molar-refractivity contribution in [3.05, 3.63) is 95.7 Å². The van der Waals surface area contributed by atoms with Crippen LogP contribution in [0.3, 0.4) is 0 Å². The molecule has 0 saturated carbocycles. The van der Waals surface area contributed by atoms with Crippen LogP contribution in [0.5, 0.6) is 11.5 Å². The number of thioether (sulfide) groups is 1. The smallest absolute Gasteiger partial charge is 0.293 e. The van der Waals surface area contributed by atoms with Gasteiger partial charge in [-0.1, -0.05) is 68.9 Å². The van der Waals surface area contributed by atoms with Crippen LogP contribution < -0.4 is 9.47 Å². The largest absolute Gasteiger partial charge is 0.493 e. The van der Waals surface area contributed by atoms with E-state index in [0.717, 1.165) is 27.4 Å². The minimum atomic E-state index is -0.363. The van der Waals surface area contributed by atoms with Gasteiger partial charge in [-0.2, -0.15) is 0 Å². The van der Waals surface area contributed by atoms with Gasteiger partial charge in [0.15, 0.2) is 11.5 Å². The highest BCUT2D eigenvalue weighted by Gasteiger charge is 2.35. The standard InChI is InChI=1S/C25H17BrCl3NO4S/c1-33-21-10-16(9-20(29)23(21)34-13-15-4-7-18(27)19(28)8-15)11-22-24(31)30(25(32)35-22)12-14-2-5-17(26)6-3-14/h2-11H,12-13H2,1H3/b22-11-. The second-order valence-electron chi connectivity index (χ2n) is 7.47. The van der Waals surface area contributed by atoms with Crippen LogP contribution in [0, 0.1) is 0 Å². The fraction of sp³-hybridized carbons (Fsp3) is 0.120. The van der Waals surface area contributed by atoms with Crippen molar-refractivity contribution in [1.82, 2.24) is 4.90 Å². The predicted octanol–water partition coefficient (Wildman–Crippen LogP) is 8.23. The van der Waals surface area contributed by atoms with Crippen LogP contribution in [-0.2, 0) is 17.9 Å². The Morgan fingerprint density at radius 2 is 1.66 bits per heavy atom. The molecule has 180 valence electrons. The van der Waals surface area contributed by atoms with E-state index in [-0.39, 0.29) is 24.3 Å². The fourth-order valence-electron chi connectivity index (χ4n) is 3.31. The maximum absolute atomic E-state index is 12.9. The quantitative estimate of drug-likeness (QED) is 0.251. The van der Waals surface area contributed by atoms with E-state index in [9.17, 15) is 9.59 Å². The third kappa shape index (κ3) is 6.16. The van der Waals surface area contributed by atoms with Gasteiger partial charge in [0.25, 0.3) is 11.1 Å². The molecule has 0 bridgehead atoms. The zero-order chi connectivity index (χ0) is 25.1. The number of hydrogen-bond donors (Lipinski definition) is 0. The van der Waals surface area contributed by atoms with Crippen LogP contribution >= 0.6 is 62.5 Å². The second-order valence-corrected chi connectivity index (χ2v) is 10.6. The first kappa shape index (κ1) is 25.9. The van der Waals surface area contributed by atoms with Gasteiger partial charge in [-0.05, 0) is 70.9 Å². The first-order chi connectivity index (χ1) is 16.7. The molecule has 0 aromatic heterocycles. The molecule has 0 aliphatic carbocycles. The van der Waals surface area contributed by atoms with Gasteiger partial charge < -0.3 is 9.47 Å². The molecule has 2 amide bonds. The Labute approximate surface area is 230 Å². The van der Waals surface area contributed by atoms with Crippen molar-refractivity contribution in [2.45, 2.75) is 13.2 Å². The summed E-state index contributed by atoms with van der Waals surface area (Å²) in [6.45, 7) is 0.391. The van der Waals surface area contributed by atoms with E-state index in [4.69, 9.17) is 44.3 Å². The predicted molar refractivity (Wildman–Crippen MR) is 144 cm³/mol. The van der Waals surface area contributed by atoms with Crippen LogP contribution in [0.1, 0.15) is 16.7 Å². The first-order valence-electron chi connectivity index (χ1n) is 10.2. The van der Waals surface area contributed by atoms with Crippen molar-refractivity contribution in [2.24, 2.45) is 0 Å². The van der Waals surface area contributed by atoms with Crippen LogP contribution in [0.15, 0.2) is 64.0 Å². The Hall–Kier alpha value is -2.16. The fourth-order valence-corrected chi connectivity index (χ4v) is 5.01. The van der Waals surface area contributed by atoms with Gasteiger partial charge in [0.05, 0.1) is 33.6 Å². The number of imide groups is 1. The van der Waals surface area contributed by atoms with E-state index in [1.807, 2.05) is 24.3 Å². The molecule has 0 N–H and O–H groups in total. The van der Waals surface area contributed by atoms with Crippen molar-refractivity contribution >= 4 is 79.7 Å². The molecule has 10 heteroatoms. The molecule has 1 heterocycles. The molecule has 0 radical (unpaired) electrons. The molecule has 0 spiro atoms. The average Bonchev–Trinajstić information content (AvgIpc) is 3.08. The summed E-state index contributed by atoms with van der Waals surface area (Å²) < 4.78 is 12.3. The average molecular weight is 614 g/mol. The lowest BCUT2D eigenvalue weighted by Gasteiger charge is -2.14. The van der Waals surface area contributed by atoms with Crippen molar-refractivity contribution in [1.29, 1.82) is 0 Å². The summed E-state index contributed by atoms with van der Waals surface area (Å²) in [4.78, 5) is 26.9. The highest BCUT2D eigenvalue weighted by Crippen LogP contribution is 2.39. The van der Waals surface area contributed by atoms with Gasteiger partial charge in [0.1, 0.15) is 6.61 Å². The lowest BCUT2D eigenvalue weighted by Crippen LogP contribution is -2.27. The third-order valence-corrected chi connectivity index (χ3v) is 7.50. The lowest BCUT2D eigenvalue weighted by molar-refractivity contribution is -0.123. The lowest BCUT2D eigenvalue weighted by atomic mass is 10.1. The van der Waals surface area contributed by atoms with Crippen molar-refractivity contribution < 1.29 is 19.1 Å². The van der Waals surface area contributed by atoms with Gasteiger partial charge in [-0.25, -0.2) is 0 Å². The molecule has 3 aromatic rings. The summed E-state index contributed by atoms with van der Waals surface area (Å²) in [5, 5.41) is 0.848. The Morgan fingerprint density at radius 1 is 0.943 bits per heavy atom. The van der Waals surface area contributed by atoms with E-state index < -0.39 is 0 Å². The first-order valence-corrected chi connectivity index (χ1v) is 12.9. The maximum Gasteiger partial charge on any atom is 0.293 e. The highest BCUT2D eigenvalue weighted by atomic mass is 79.9. The zero-order valence-electron chi connectivity index (χ0n) is 18.2. The van der Waals surface area contributed by atoms with Crippen molar-refractivity contribution in [2.75, 3.05) is 7.11 Å². The molecule has 1 aliphatic heterocycles. The molecule has 35 heavy (non-hydrogen) atoms. The molecule has 3 aromatic carbocycles. The molecule has 1 saturated heterocycles. The molecule has 4 rings (SSSR count). The minimum Gasteiger partial charge on any atom is -0.493 e. The monoisotopic (exact) mass is 611 g/mol. The van der Waals surface area contributed by atoms with Gasteiger partial charge in [-0.3, -0.25) is 14.5 Å². The number of carbonyl (C=O) groups is 2. The van der Waals surface area contributed by atoms with Gasteiger partial charge in [0.2, 0.25) is 0 Å². The summed E-state index contributed by atoms with van der Waals surface area (Å²) in [5.41, 5.74) is 2.26. The highest BCUT2D eigenvalue weighted by molar-refractivity contribution is 9.10. The Bertz CT molecular complexity index is 1330. The number of rotatable bonds is 7. The van der Waals surface area contributed by atoms with E-state index in [0.29, 0.717) is 37.0 Å². The van der Waals surface area contributed by atoms with E-state index in [2.05, 4.69) is 15.9 Å². The summed E-state index contributed by atoms with van der Waals surface area (Å²) in [5.74, 6) is 0.372. The van der Waals surface area contributed by atoms with Gasteiger partial charge in [0, 0.05) is 4.47 Å². The zero-order valence-corrected chi connectivity index (χ0v) is 22.9. The van der Waals surface area contributed by atoms with E-state index in [1.165, 1.54) is 12.0 Å². The van der Waals surface area contributed by atoms with Crippen LogP contribution in [0.25, 0.3) is 6.08 Å². The number of amides is 2. The molecule has 0 unspecified atom stereocenters. The third-order valence-electron chi connectivity index (χ3n) is 5.04. The topological polar surface area (TPSA) is 55.8 Å². The number of benzene rings is 3. The molecule has 1 aliphatic rings. The number of carbonyl (C=O) groups excluding carboxylic acids is 2. The number of methoxy groups -OCH3 is 1. The van der Waals surface area contributed by atoms with Gasteiger partial charge in [-0.15, -0.1) is 0 Å². The Balaban J connectivity index is 1.52. The SMILES string of the molecule is COc1cc(/C=C2\SC(=O)N(Cc3ccc(Br)cc3)C2=O)cc(Cl)c1OCc1ccc(Cl)c(Cl)c1. The van der Waals surface area contributed by atoms with Gasteiger partial charge >= 0.3 is 0 Å². The normalized spacial score (nSPS) is 14.7. The van der Waals surface area contributed by atoms with E-state index >= 15 is 0 Å². The van der Waals surface area contributed by atoms with Crippen LogP contribution in [0.2, 0.25) is 15.1 Å². The molecule has 5 nitrogen and oxygen atoms in total. The van der Waals surface area contributed by atoms with E-state index in [1.54, 1.807) is 36.4 Å². The molecule has 1 fully saturated rings. The molecular formula is C25H17BrCl3NO4S. The Morgan fingerprint density at radius 3 is 2.34 bits per heavy atom. The maximum atomic E-state index is 12.9. The number of halogens is 4. The summed E-state index contributed by atoms with van der Waals surface area (Å²) in [6.07, 6.45) is 1.61. The summed E-state index contributed by atoms with van der Waals surface area (Å²) >= 11 is 22.8.